The summed E-state index contributed by atoms with van der Waals surface area (Å²) in [6, 6.07) is 10.8. The number of nitrogens with one attached hydrogen (secondary N) is 1. The van der Waals surface area contributed by atoms with Gasteiger partial charge in [0.2, 0.25) is 5.91 Å². The maximum atomic E-state index is 12.5. The van der Waals surface area contributed by atoms with Gasteiger partial charge in [0.1, 0.15) is 0 Å². The topological polar surface area (TPSA) is 60.4 Å². The van der Waals surface area contributed by atoms with Crippen molar-refractivity contribution in [3.05, 3.63) is 35.9 Å². The summed E-state index contributed by atoms with van der Waals surface area (Å²) in [5.74, 6) is 1.18. The van der Waals surface area contributed by atoms with Crippen molar-refractivity contribution in [2.75, 3.05) is 72.6 Å². The van der Waals surface area contributed by atoms with Crippen LogP contribution in [-0.4, -0.2) is 99.2 Å². The van der Waals surface area contributed by atoms with Gasteiger partial charge in [-0.3, -0.25) is 14.7 Å². The summed E-state index contributed by atoms with van der Waals surface area (Å²) in [4.78, 5) is 23.6. The van der Waals surface area contributed by atoms with Crippen LogP contribution in [0.25, 0.3) is 0 Å². The second-order valence-corrected chi connectivity index (χ2v) is 8.51. The monoisotopic (exact) mass is 557 g/mol. The Hall–Kier alpha value is -1.39. The minimum Gasteiger partial charge on any atom is -0.378 e. The number of morpholine rings is 1. The van der Waals surface area contributed by atoms with Crippen LogP contribution in [-0.2, 0) is 14.9 Å². The van der Waals surface area contributed by atoms with Crippen molar-refractivity contribution in [2.24, 2.45) is 4.99 Å². The molecule has 1 N–H and O–H groups in total. The number of hydrogen-bond acceptors (Lipinski definition) is 4. The van der Waals surface area contributed by atoms with Gasteiger partial charge in [0.25, 0.3) is 0 Å². The van der Waals surface area contributed by atoms with E-state index in [0.717, 1.165) is 51.5 Å². The number of halogens is 1. The zero-order valence-corrected chi connectivity index (χ0v) is 22.2. The van der Waals surface area contributed by atoms with Crippen LogP contribution in [0.5, 0.6) is 0 Å². The summed E-state index contributed by atoms with van der Waals surface area (Å²) in [5.41, 5.74) is 1.48. The lowest BCUT2D eigenvalue weighted by atomic mass is 9.76. The average molecular weight is 558 g/mol. The van der Waals surface area contributed by atoms with E-state index in [1.165, 1.54) is 5.56 Å². The molecule has 0 saturated carbocycles. The van der Waals surface area contributed by atoms with Crippen molar-refractivity contribution < 1.29 is 9.53 Å². The molecule has 2 aliphatic rings. The number of piperazine rings is 1. The summed E-state index contributed by atoms with van der Waals surface area (Å²) < 4.78 is 5.35. The van der Waals surface area contributed by atoms with Crippen LogP contribution in [0.15, 0.2) is 35.3 Å². The maximum absolute atomic E-state index is 12.5. The fourth-order valence-corrected chi connectivity index (χ4v) is 4.60. The SMILES string of the molecule is CCC(CC)(CNC(=NC)N1CCN(CC(=O)N2CCOCC2)CC1)c1ccccc1.I. The molecular weight excluding hydrogens is 517 g/mol. The summed E-state index contributed by atoms with van der Waals surface area (Å²) in [5, 5.41) is 3.66. The zero-order valence-electron chi connectivity index (χ0n) is 19.9. The normalized spacial score (nSPS) is 18.3. The molecule has 0 aromatic heterocycles. The van der Waals surface area contributed by atoms with E-state index >= 15 is 0 Å². The van der Waals surface area contributed by atoms with Gasteiger partial charge in [-0.05, 0) is 18.4 Å². The minimum atomic E-state index is 0. The van der Waals surface area contributed by atoms with Crippen LogP contribution < -0.4 is 5.32 Å². The van der Waals surface area contributed by atoms with Gasteiger partial charge in [0, 0.05) is 58.3 Å². The molecule has 2 aliphatic heterocycles. The minimum absolute atomic E-state index is 0. The predicted molar refractivity (Wildman–Crippen MR) is 141 cm³/mol. The molecule has 0 bridgehead atoms. The fourth-order valence-electron chi connectivity index (χ4n) is 4.60. The molecule has 2 heterocycles. The van der Waals surface area contributed by atoms with Gasteiger partial charge in [-0.25, -0.2) is 0 Å². The molecule has 2 fully saturated rings. The first-order valence-electron chi connectivity index (χ1n) is 11.7. The molecule has 0 spiro atoms. The first-order valence-corrected chi connectivity index (χ1v) is 11.7. The van der Waals surface area contributed by atoms with E-state index < -0.39 is 0 Å². The van der Waals surface area contributed by atoms with Crippen LogP contribution in [0.2, 0.25) is 0 Å². The van der Waals surface area contributed by atoms with Gasteiger partial charge in [0.15, 0.2) is 5.96 Å². The third kappa shape index (κ3) is 6.81. The highest BCUT2D eigenvalue weighted by molar-refractivity contribution is 14.0. The summed E-state index contributed by atoms with van der Waals surface area (Å²) >= 11 is 0. The lowest BCUT2D eigenvalue weighted by molar-refractivity contribution is -0.136. The Morgan fingerprint density at radius 2 is 1.62 bits per heavy atom. The molecule has 1 aromatic carbocycles. The number of carbonyl (C=O) groups excluding carboxylic acids is 1. The van der Waals surface area contributed by atoms with Gasteiger partial charge >= 0.3 is 0 Å². The Morgan fingerprint density at radius 3 is 2.19 bits per heavy atom. The molecule has 0 unspecified atom stereocenters. The summed E-state index contributed by atoms with van der Waals surface area (Å²) in [6.07, 6.45) is 2.16. The number of rotatable bonds is 7. The van der Waals surface area contributed by atoms with E-state index in [-0.39, 0.29) is 35.3 Å². The second-order valence-electron chi connectivity index (χ2n) is 8.51. The van der Waals surface area contributed by atoms with Crippen LogP contribution in [0.1, 0.15) is 32.3 Å². The molecule has 1 aromatic rings. The molecule has 0 radical (unpaired) electrons. The highest BCUT2D eigenvalue weighted by Crippen LogP contribution is 2.30. The largest absolute Gasteiger partial charge is 0.378 e. The standard InChI is InChI=1S/C24H39N5O2.HI/c1-4-24(5-2,21-9-7-6-8-10-21)20-26-23(25-3)29-13-11-27(12-14-29)19-22(30)28-15-17-31-18-16-28;/h6-10H,4-5,11-20H2,1-3H3,(H,25,26);1H. The van der Waals surface area contributed by atoms with Gasteiger partial charge < -0.3 is 19.9 Å². The van der Waals surface area contributed by atoms with Crippen molar-refractivity contribution in [3.8, 4) is 0 Å². The second kappa shape index (κ2) is 13.3. The molecule has 2 saturated heterocycles. The Bertz CT molecular complexity index is 712. The fraction of sp³-hybridized carbons (Fsp3) is 0.667. The first kappa shape index (κ1) is 26.9. The number of nitrogens with zero attached hydrogens (tertiary/aromatic N) is 4. The number of benzene rings is 1. The van der Waals surface area contributed by atoms with E-state index in [2.05, 4.69) is 64.3 Å². The van der Waals surface area contributed by atoms with Crippen molar-refractivity contribution >= 4 is 35.8 Å². The van der Waals surface area contributed by atoms with E-state index in [0.29, 0.717) is 32.8 Å². The highest BCUT2D eigenvalue weighted by Gasteiger charge is 2.30. The van der Waals surface area contributed by atoms with Gasteiger partial charge in [0.05, 0.1) is 19.8 Å². The van der Waals surface area contributed by atoms with Crippen LogP contribution in [0, 0.1) is 0 Å². The maximum Gasteiger partial charge on any atom is 0.236 e. The Kier molecular flexibility index (Phi) is 11.2. The van der Waals surface area contributed by atoms with Crippen LogP contribution in [0.4, 0.5) is 0 Å². The predicted octanol–water partition coefficient (Wildman–Crippen LogP) is 2.41. The summed E-state index contributed by atoms with van der Waals surface area (Å²) in [6.45, 7) is 12.2. The van der Waals surface area contributed by atoms with Crippen LogP contribution in [0.3, 0.4) is 0 Å². The quantitative estimate of drug-likeness (QED) is 0.317. The van der Waals surface area contributed by atoms with E-state index in [1.807, 2.05) is 11.9 Å². The number of ether oxygens (including phenoxy) is 1. The van der Waals surface area contributed by atoms with Crippen LogP contribution >= 0.6 is 24.0 Å². The molecule has 3 rings (SSSR count). The molecular formula is C24H40IN5O2. The van der Waals surface area contributed by atoms with Crippen molar-refractivity contribution in [1.82, 2.24) is 20.0 Å². The van der Waals surface area contributed by atoms with E-state index in [1.54, 1.807) is 0 Å². The Labute approximate surface area is 210 Å². The number of aliphatic imine (C=N–C) groups is 1. The molecule has 0 aliphatic carbocycles. The van der Waals surface area contributed by atoms with Gasteiger partial charge in [-0.15, -0.1) is 24.0 Å². The first-order chi connectivity index (χ1) is 15.1. The third-order valence-electron chi connectivity index (χ3n) is 6.93. The molecule has 1 amide bonds. The number of hydrogen-bond donors (Lipinski definition) is 1. The molecule has 8 heteroatoms. The lowest BCUT2D eigenvalue weighted by Gasteiger charge is -2.39. The Balaban J connectivity index is 0.00000363. The van der Waals surface area contributed by atoms with Gasteiger partial charge in [-0.2, -0.15) is 0 Å². The van der Waals surface area contributed by atoms with Crippen molar-refractivity contribution in [3.63, 3.8) is 0 Å². The third-order valence-corrected chi connectivity index (χ3v) is 6.93. The Morgan fingerprint density at radius 1 is 1.00 bits per heavy atom. The van der Waals surface area contributed by atoms with Crippen molar-refractivity contribution in [1.29, 1.82) is 0 Å². The van der Waals surface area contributed by atoms with Crippen molar-refractivity contribution in [2.45, 2.75) is 32.1 Å². The molecule has 180 valence electrons. The number of amides is 1. The van der Waals surface area contributed by atoms with Gasteiger partial charge in [-0.1, -0.05) is 44.2 Å². The van der Waals surface area contributed by atoms with E-state index in [9.17, 15) is 4.79 Å². The lowest BCUT2D eigenvalue weighted by Crippen LogP contribution is -2.56. The summed E-state index contributed by atoms with van der Waals surface area (Å²) in [7, 11) is 1.86. The highest BCUT2D eigenvalue weighted by atomic mass is 127. The molecule has 0 atom stereocenters. The number of guanidine groups is 1. The van der Waals surface area contributed by atoms with E-state index in [4.69, 9.17) is 4.74 Å². The zero-order chi connectivity index (χ0) is 22.1. The smallest absolute Gasteiger partial charge is 0.236 e. The number of carbonyl (C=O) groups is 1. The molecule has 32 heavy (non-hydrogen) atoms. The average Bonchev–Trinajstić information content (AvgIpc) is 2.84. The molecule has 7 nitrogen and oxygen atoms in total.